The van der Waals surface area contributed by atoms with Crippen molar-refractivity contribution >= 4 is 17.7 Å². The van der Waals surface area contributed by atoms with E-state index in [4.69, 9.17) is 4.74 Å². The van der Waals surface area contributed by atoms with E-state index in [1.54, 1.807) is 18.2 Å². The van der Waals surface area contributed by atoms with Crippen LogP contribution in [0.3, 0.4) is 0 Å². The number of carbonyl (C=O) groups excluding carboxylic acids is 3. The molecule has 0 bridgehead atoms. The number of hydrogen-bond acceptors (Lipinski definition) is 6. The quantitative estimate of drug-likeness (QED) is 0.633. The van der Waals surface area contributed by atoms with E-state index in [1.165, 1.54) is 11.0 Å². The molecule has 3 amide bonds. The highest BCUT2D eigenvalue weighted by atomic mass is 19.4. The molecule has 0 radical (unpaired) electrons. The molecule has 11 heteroatoms. The van der Waals surface area contributed by atoms with Gasteiger partial charge in [-0.3, -0.25) is 24.6 Å². The minimum Gasteiger partial charge on any atom is -0.489 e. The number of piperidine rings is 2. The van der Waals surface area contributed by atoms with Gasteiger partial charge in [-0.1, -0.05) is 0 Å². The Balaban J connectivity index is 1.24. The molecule has 8 nitrogen and oxygen atoms in total. The van der Waals surface area contributed by atoms with Gasteiger partial charge in [-0.05, 0) is 62.3 Å². The summed E-state index contributed by atoms with van der Waals surface area (Å²) in [6.07, 6.45) is -2.29. The average Bonchev–Trinajstić information content (AvgIpc) is 3.42. The molecule has 1 aromatic rings. The number of imide groups is 1. The van der Waals surface area contributed by atoms with Gasteiger partial charge in [0.1, 0.15) is 17.9 Å². The van der Waals surface area contributed by atoms with Crippen LogP contribution in [-0.2, 0) is 16.1 Å². The lowest BCUT2D eigenvalue weighted by Crippen LogP contribution is -2.52. The summed E-state index contributed by atoms with van der Waals surface area (Å²) < 4.78 is 46.7. The van der Waals surface area contributed by atoms with Gasteiger partial charge in [-0.15, -0.1) is 0 Å². The third-order valence-electron chi connectivity index (χ3n) is 8.08. The number of hydrogen-bond donors (Lipinski definition) is 1. The minimum atomic E-state index is -4.54. The number of amides is 3. The molecule has 1 aromatic carbocycles. The van der Waals surface area contributed by atoms with E-state index in [2.05, 4.69) is 5.32 Å². The van der Waals surface area contributed by atoms with Gasteiger partial charge in [-0.25, -0.2) is 0 Å². The van der Waals surface area contributed by atoms with Crippen molar-refractivity contribution in [2.45, 2.75) is 75.9 Å². The Bertz CT molecular complexity index is 1120. The highest BCUT2D eigenvalue weighted by Crippen LogP contribution is 2.46. The molecule has 1 aliphatic carbocycles. The van der Waals surface area contributed by atoms with E-state index in [9.17, 15) is 32.8 Å². The topological polar surface area (TPSA) is 103 Å². The summed E-state index contributed by atoms with van der Waals surface area (Å²) in [5, 5.41) is 11.5. The number of benzene rings is 1. The minimum absolute atomic E-state index is 0.0372. The van der Waals surface area contributed by atoms with Crippen LogP contribution < -0.4 is 10.1 Å². The Kier molecular flexibility index (Phi) is 6.19. The predicted octanol–water partition coefficient (Wildman–Crippen LogP) is 2.92. The van der Waals surface area contributed by atoms with Crippen molar-refractivity contribution in [1.29, 1.82) is 5.26 Å². The van der Waals surface area contributed by atoms with Crippen LogP contribution in [0, 0.1) is 16.7 Å². The zero-order valence-electron chi connectivity index (χ0n) is 19.6. The van der Waals surface area contributed by atoms with Crippen LogP contribution in [0.5, 0.6) is 5.75 Å². The molecule has 3 atom stereocenters. The number of likely N-dealkylation sites (tertiary alicyclic amines) is 1. The van der Waals surface area contributed by atoms with Crippen LogP contribution in [0.1, 0.15) is 60.9 Å². The smallest absolute Gasteiger partial charge is 0.407 e. The molecule has 3 fully saturated rings. The number of carbonyl (C=O) groups is 3. The first-order valence-electron chi connectivity index (χ1n) is 12.3. The first-order valence-corrected chi connectivity index (χ1v) is 12.3. The van der Waals surface area contributed by atoms with Crippen LogP contribution in [0.25, 0.3) is 0 Å². The van der Waals surface area contributed by atoms with Crippen molar-refractivity contribution in [2.75, 3.05) is 13.1 Å². The zero-order valence-corrected chi connectivity index (χ0v) is 19.6. The second kappa shape index (κ2) is 9.07. The average molecular weight is 505 g/mol. The molecule has 5 rings (SSSR count). The number of nitriles is 1. The zero-order chi connectivity index (χ0) is 25.7. The van der Waals surface area contributed by atoms with E-state index in [-0.39, 0.29) is 69.3 Å². The second-order valence-electron chi connectivity index (χ2n) is 10.1. The summed E-state index contributed by atoms with van der Waals surface area (Å²) >= 11 is 0. The molecule has 3 heterocycles. The van der Waals surface area contributed by atoms with Gasteiger partial charge in [0.25, 0.3) is 5.91 Å². The van der Waals surface area contributed by atoms with E-state index in [0.717, 1.165) is 24.8 Å². The fourth-order valence-corrected chi connectivity index (χ4v) is 5.96. The first-order chi connectivity index (χ1) is 17.1. The summed E-state index contributed by atoms with van der Waals surface area (Å²) in [6.45, 7) is 0.625. The third kappa shape index (κ3) is 4.21. The number of halogens is 3. The molecule has 1 saturated carbocycles. The standard InChI is InChI=1S/C25H27F3N4O4/c26-25(27,28)24(14-29)8-10-31(11-9-24)18-2-1-3-20(18)36-16-4-5-17-15(12-16)13-32(23(17)35)19-6-7-21(33)30-22(19)34/h4-5,12,18-20H,1-3,6-11,13H2,(H,30,33,34)/t18-,19?,20+/m1/s1. The number of ether oxygens (including phenoxy) is 1. The van der Waals surface area contributed by atoms with E-state index >= 15 is 0 Å². The Morgan fingerprint density at radius 1 is 1.11 bits per heavy atom. The van der Waals surface area contributed by atoms with Gasteiger partial charge in [0, 0.05) is 37.7 Å². The number of rotatable bonds is 4. The second-order valence-corrected chi connectivity index (χ2v) is 10.1. The van der Waals surface area contributed by atoms with Crippen molar-refractivity contribution in [3.8, 4) is 11.8 Å². The van der Waals surface area contributed by atoms with Crippen molar-refractivity contribution in [3.63, 3.8) is 0 Å². The predicted molar refractivity (Wildman–Crippen MR) is 119 cm³/mol. The fourth-order valence-electron chi connectivity index (χ4n) is 5.96. The molecule has 192 valence electrons. The van der Waals surface area contributed by atoms with Gasteiger partial charge in [0.15, 0.2) is 5.41 Å². The third-order valence-corrected chi connectivity index (χ3v) is 8.08. The van der Waals surface area contributed by atoms with Crippen molar-refractivity contribution < 1.29 is 32.3 Å². The van der Waals surface area contributed by atoms with Gasteiger partial charge >= 0.3 is 6.18 Å². The van der Waals surface area contributed by atoms with E-state index < -0.39 is 23.5 Å². The Morgan fingerprint density at radius 2 is 1.86 bits per heavy atom. The molecule has 1 N–H and O–H groups in total. The molecule has 1 unspecified atom stereocenters. The summed E-state index contributed by atoms with van der Waals surface area (Å²) in [4.78, 5) is 40.1. The number of fused-ring (bicyclic) bond motifs is 1. The lowest BCUT2D eigenvalue weighted by Gasteiger charge is -2.42. The molecule has 36 heavy (non-hydrogen) atoms. The SMILES string of the molecule is N#CC1(C(F)(F)F)CCN([C@@H]2CCC[C@@H]2Oc2ccc3c(c2)CN(C2CCC(=O)NC2=O)C3=O)CC1. The monoisotopic (exact) mass is 504 g/mol. The Morgan fingerprint density at radius 3 is 2.53 bits per heavy atom. The van der Waals surface area contributed by atoms with Crippen molar-refractivity contribution in [1.82, 2.24) is 15.1 Å². The van der Waals surface area contributed by atoms with Crippen LogP contribution >= 0.6 is 0 Å². The molecular formula is C25H27F3N4O4. The molecule has 0 spiro atoms. The summed E-state index contributed by atoms with van der Waals surface area (Å²) in [7, 11) is 0. The molecule has 2 saturated heterocycles. The Hall–Kier alpha value is -3.13. The normalized spacial score (nSPS) is 28.6. The van der Waals surface area contributed by atoms with E-state index in [1.807, 2.05) is 4.90 Å². The van der Waals surface area contributed by atoms with Crippen LogP contribution in [0.15, 0.2) is 18.2 Å². The largest absolute Gasteiger partial charge is 0.489 e. The van der Waals surface area contributed by atoms with Gasteiger partial charge in [0.05, 0.1) is 6.07 Å². The van der Waals surface area contributed by atoms with E-state index in [0.29, 0.717) is 11.3 Å². The lowest BCUT2D eigenvalue weighted by atomic mass is 9.78. The maximum atomic E-state index is 13.5. The van der Waals surface area contributed by atoms with Gasteiger partial charge < -0.3 is 9.64 Å². The first kappa shape index (κ1) is 24.6. The van der Waals surface area contributed by atoms with Crippen molar-refractivity contribution in [3.05, 3.63) is 29.3 Å². The molecule has 4 aliphatic rings. The number of nitrogens with zero attached hydrogens (tertiary/aromatic N) is 3. The molecule has 3 aliphatic heterocycles. The molecular weight excluding hydrogens is 477 g/mol. The molecule has 0 aromatic heterocycles. The fraction of sp³-hybridized carbons (Fsp3) is 0.600. The van der Waals surface area contributed by atoms with Gasteiger partial charge in [-0.2, -0.15) is 18.4 Å². The summed E-state index contributed by atoms with van der Waals surface area (Å²) in [5.41, 5.74) is -1.05. The highest BCUT2D eigenvalue weighted by molar-refractivity contribution is 6.05. The summed E-state index contributed by atoms with van der Waals surface area (Å²) in [6, 6.07) is 5.96. The highest BCUT2D eigenvalue weighted by Gasteiger charge is 2.57. The Labute approximate surface area is 206 Å². The maximum absolute atomic E-state index is 13.5. The maximum Gasteiger partial charge on any atom is 0.407 e. The van der Waals surface area contributed by atoms with Crippen LogP contribution in [0.2, 0.25) is 0 Å². The van der Waals surface area contributed by atoms with Crippen LogP contribution in [-0.4, -0.2) is 65.0 Å². The number of alkyl halides is 3. The lowest BCUT2D eigenvalue weighted by molar-refractivity contribution is -0.216. The van der Waals surface area contributed by atoms with Crippen LogP contribution in [0.4, 0.5) is 13.2 Å². The number of nitrogens with one attached hydrogen (secondary N) is 1. The summed E-state index contributed by atoms with van der Waals surface area (Å²) in [5.74, 6) is -0.496. The van der Waals surface area contributed by atoms with Crippen molar-refractivity contribution in [2.24, 2.45) is 5.41 Å². The van der Waals surface area contributed by atoms with Gasteiger partial charge in [0.2, 0.25) is 11.8 Å².